The van der Waals surface area contributed by atoms with Crippen LogP contribution in [-0.2, 0) is 9.53 Å². The predicted molar refractivity (Wildman–Crippen MR) is 88.4 cm³/mol. The number of hydrogen-bond acceptors (Lipinski definition) is 3. The summed E-state index contributed by atoms with van der Waals surface area (Å²) >= 11 is 0. The summed E-state index contributed by atoms with van der Waals surface area (Å²) in [6.07, 6.45) is 11.7. The molecule has 0 spiro atoms. The summed E-state index contributed by atoms with van der Waals surface area (Å²) in [5.74, 6) is -0.0796. The van der Waals surface area contributed by atoms with E-state index in [1.54, 1.807) is 0 Å². The Hall–Kier alpha value is -0.570. The second-order valence-corrected chi connectivity index (χ2v) is 7.41. The maximum absolute atomic E-state index is 11.6. The normalized spacial score (nSPS) is 16.9. The third kappa shape index (κ3) is 9.13. The van der Waals surface area contributed by atoms with Crippen LogP contribution in [0.1, 0.15) is 78.6 Å². The molecule has 0 bridgehead atoms. The van der Waals surface area contributed by atoms with Gasteiger partial charge in [0.05, 0.1) is 12.0 Å². The number of unbranched alkanes of at least 4 members (excludes halogenated alkanes) is 5. The van der Waals surface area contributed by atoms with Gasteiger partial charge in [-0.25, -0.2) is 0 Å². The van der Waals surface area contributed by atoms with E-state index >= 15 is 0 Å². The van der Waals surface area contributed by atoms with Crippen molar-refractivity contribution in [1.29, 1.82) is 0 Å². The van der Waals surface area contributed by atoms with Crippen molar-refractivity contribution in [3.8, 4) is 0 Å². The van der Waals surface area contributed by atoms with E-state index < -0.39 is 0 Å². The first-order chi connectivity index (χ1) is 10.00. The molecule has 3 nitrogen and oxygen atoms in total. The van der Waals surface area contributed by atoms with E-state index in [9.17, 15) is 4.79 Å². The average molecular weight is 297 g/mol. The topological polar surface area (TPSA) is 29.5 Å². The smallest absolute Gasteiger partial charge is 0.311 e. The lowest BCUT2D eigenvalue weighted by Gasteiger charge is -2.26. The minimum absolute atomic E-state index is 0.0796. The molecule has 0 N–H and O–H groups in total. The zero-order valence-corrected chi connectivity index (χ0v) is 14.5. The second kappa shape index (κ2) is 10.2. The maximum atomic E-state index is 11.6. The summed E-state index contributed by atoms with van der Waals surface area (Å²) in [6, 6.07) is 0. The molecule has 1 heterocycles. The number of ether oxygens (including phenoxy) is 1. The minimum Gasteiger partial charge on any atom is -0.465 e. The molecule has 0 amide bonds. The number of carbonyl (C=O) groups is 1. The Morgan fingerprint density at radius 1 is 0.905 bits per heavy atom. The van der Waals surface area contributed by atoms with Crippen LogP contribution in [0, 0.1) is 5.41 Å². The molecule has 21 heavy (non-hydrogen) atoms. The number of esters is 1. The van der Waals surface area contributed by atoms with Crippen molar-refractivity contribution >= 4 is 5.97 Å². The Morgan fingerprint density at radius 2 is 1.48 bits per heavy atom. The van der Waals surface area contributed by atoms with Crippen LogP contribution in [0.5, 0.6) is 0 Å². The molecule has 0 saturated carbocycles. The molecule has 1 aliphatic rings. The van der Waals surface area contributed by atoms with Crippen molar-refractivity contribution in [1.82, 2.24) is 4.90 Å². The van der Waals surface area contributed by atoms with Crippen LogP contribution in [0.3, 0.4) is 0 Å². The van der Waals surface area contributed by atoms with E-state index in [0.29, 0.717) is 6.61 Å². The maximum Gasteiger partial charge on any atom is 0.311 e. The molecule has 3 heteroatoms. The number of carbonyl (C=O) groups excluding carboxylic acids is 1. The zero-order valence-electron chi connectivity index (χ0n) is 14.5. The Kier molecular flexibility index (Phi) is 8.98. The average Bonchev–Trinajstić information content (AvgIpc) is 2.45. The molecule has 0 aromatic carbocycles. The van der Waals surface area contributed by atoms with Crippen LogP contribution in [0.4, 0.5) is 0 Å². The fourth-order valence-electron chi connectivity index (χ4n) is 2.71. The summed E-state index contributed by atoms with van der Waals surface area (Å²) in [6.45, 7) is 10.2. The SMILES string of the molecule is CC(C)(C)C(=O)OCCCCCCCCN1CCCCC1. The Morgan fingerprint density at radius 3 is 2.10 bits per heavy atom. The molecule has 0 aromatic heterocycles. The first-order valence-electron chi connectivity index (χ1n) is 8.90. The van der Waals surface area contributed by atoms with E-state index in [2.05, 4.69) is 4.90 Å². The van der Waals surface area contributed by atoms with Gasteiger partial charge in [-0.15, -0.1) is 0 Å². The van der Waals surface area contributed by atoms with Gasteiger partial charge >= 0.3 is 5.97 Å². The van der Waals surface area contributed by atoms with Gasteiger partial charge in [-0.05, 0) is 66.1 Å². The minimum atomic E-state index is -0.367. The standard InChI is InChI=1S/C18H35NO2/c1-18(2,3)17(20)21-16-12-7-5-4-6-9-13-19-14-10-8-11-15-19/h4-16H2,1-3H3. The van der Waals surface area contributed by atoms with Gasteiger partial charge in [0.15, 0.2) is 0 Å². The predicted octanol–water partition coefficient (Wildman–Crippen LogP) is 4.40. The number of piperidine rings is 1. The van der Waals surface area contributed by atoms with Crippen molar-refractivity contribution in [2.75, 3.05) is 26.2 Å². The van der Waals surface area contributed by atoms with Crippen LogP contribution in [0.2, 0.25) is 0 Å². The van der Waals surface area contributed by atoms with Gasteiger partial charge in [0.2, 0.25) is 0 Å². The number of nitrogens with zero attached hydrogens (tertiary/aromatic N) is 1. The van der Waals surface area contributed by atoms with E-state index in [1.807, 2.05) is 20.8 Å². The van der Waals surface area contributed by atoms with Crippen LogP contribution >= 0.6 is 0 Å². The molecule has 0 atom stereocenters. The number of likely N-dealkylation sites (tertiary alicyclic amines) is 1. The highest BCUT2D eigenvalue weighted by Crippen LogP contribution is 2.16. The van der Waals surface area contributed by atoms with Crippen LogP contribution in [0.15, 0.2) is 0 Å². The molecule has 1 aliphatic heterocycles. The summed E-state index contributed by atoms with van der Waals surface area (Å²) in [5, 5.41) is 0. The van der Waals surface area contributed by atoms with Gasteiger partial charge in [0.25, 0.3) is 0 Å². The highest BCUT2D eigenvalue weighted by Gasteiger charge is 2.22. The van der Waals surface area contributed by atoms with E-state index in [-0.39, 0.29) is 11.4 Å². The van der Waals surface area contributed by atoms with Crippen LogP contribution in [-0.4, -0.2) is 37.1 Å². The molecule has 1 rings (SSSR count). The largest absolute Gasteiger partial charge is 0.465 e. The molecule has 0 radical (unpaired) electrons. The molecule has 0 aromatic rings. The third-order valence-electron chi connectivity index (χ3n) is 4.16. The first kappa shape index (κ1) is 18.5. The fraction of sp³-hybridized carbons (Fsp3) is 0.944. The first-order valence-corrected chi connectivity index (χ1v) is 8.90. The summed E-state index contributed by atoms with van der Waals surface area (Å²) in [7, 11) is 0. The van der Waals surface area contributed by atoms with Crippen molar-refractivity contribution in [3.63, 3.8) is 0 Å². The molecular weight excluding hydrogens is 262 g/mol. The quantitative estimate of drug-likeness (QED) is 0.466. The highest BCUT2D eigenvalue weighted by atomic mass is 16.5. The molecule has 0 aliphatic carbocycles. The van der Waals surface area contributed by atoms with E-state index in [0.717, 1.165) is 6.42 Å². The lowest BCUT2D eigenvalue weighted by molar-refractivity contribution is -0.153. The van der Waals surface area contributed by atoms with Gasteiger partial charge < -0.3 is 9.64 Å². The monoisotopic (exact) mass is 297 g/mol. The van der Waals surface area contributed by atoms with Gasteiger partial charge in [-0.1, -0.05) is 32.1 Å². The van der Waals surface area contributed by atoms with E-state index in [1.165, 1.54) is 71.0 Å². The third-order valence-corrected chi connectivity index (χ3v) is 4.16. The molecule has 1 fully saturated rings. The van der Waals surface area contributed by atoms with Crippen molar-refractivity contribution in [2.45, 2.75) is 78.6 Å². The molecule has 0 unspecified atom stereocenters. The molecule has 124 valence electrons. The van der Waals surface area contributed by atoms with Crippen molar-refractivity contribution < 1.29 is 9.53 Å². The van der Waals surface area contributed by atoms with Gasteiger partial charge in [-0.2, -0.15) is 0 Å². The number of rotatable bonds is 9. The molecule has 1 saturated heterocycles. The molecular formula is C18H35NO2. The van der Waals surface area contributed by atoms with Gasteiger partial charge in [0.1, 0.15) is 0 Å². The Bertz CT molecular complexity index is 277. The summed E-state index contributed by atoms with van der Waals surface area (Å²) in [5.41, 5.74) is -0.367. The van der Waals surface area contributed by atoms with Crippen LogP contribution in [0.25, 0.3) is 0 Å². The zero-order chi connectivity index (χ0) is 15.6. The lowest BCUT2D eigenvalue weighted by atomic mass is 9.97. The Balaban J connectivity index is 1.83. The van der Waals surface area contributed by atoms with E-state index in [4.69, 9.17) is 4.74 Å². The van der Waals surface area contributed by atoms with Gasteiger partial charge in [0, 0.05) is 0 Å². The van der Waals surface area contributed by atoms with Crippen molar-refractivity contribution in [2.24, 2.45) is 5.41 Å². The fourth-order valence-corrected chi connectivity index (χ4v) is 2.71. The second-order valence-electron chi connectivity index (χ2n) is 7.41. The van der Waals surface area contributed by atoms with Crippen LogP contribution < -0.4 is 0 Å². The van der Waals surface area contributed by atoms with Gasteiger partial charge in [-0.3, -0.25) is 4.79 Å². The number of hydrogen-bond donors (Lipinski definition) is 0. The summed E-state index contributed by atoms with van der Waals surface area (Å²) < 4.78 is 5.27. The lowest BCUT2D eigenvalue weighted by Crippen LogP contribution is -2.30. The highest BCUT2D eigenvalue weighted by molar-refractivity contribution is 5.75. The Labute approximate surface area is 131 Å². The summed E-state index contributed by atoms with van der Waals surface area (Å²) in [4.78, 5) is 14.2. The van der Waals surface area contributed by atoms with Crippen molar-refractivity contribution in [3.05, 3.63) is 0 Å².